The van der Waals surface area contributed by atoms with Gasteiger partial charge in [0.15, 0.2) is 0 Å². The molecule has 2 aromatic carbocycles. The van der Waals surface area contributed by atoms with E-state index in [2.05, 4.69) is 4.98 Å². The van der Waals surface area contributed by atoms with Crippen LogP contribution in [0.2, 0.25) is 0 Å². The molecule has 0 saturated heterocycles. The lowest BCUT2D eigenvalue weighted by atomic mass is 10.1. The van der Waals surface area contributed by atoms with Crippen molar-refractivity contribution in [1.82, 2.24) is 4.98 Å². The predicted octanol–water partition coefficient (Wildman–Crippen LogP) is 3.76. The highest BCUT2D eigenvalue weighted by atomic mass is 32.1. The fourth-order valence-electron chi connectivity index (χ4n) is 2.00. The molecule has 6 heteroatoms. The van der Waals surface area contributed by atoms with Gasteiger partial charge in [-0.05, 0) is 30.7 Å². The van der Waals surface area contributed by atoms with E-state index in [9.17, 15) is 10.1 Å². The van der Waals surface area contributed by atoms with E-state index in [1.807, 2.05) is 25.1 Å². The zero-order valence-corrected chi connectivity index (χ0v) is 11.5. The van der Waals surface area contributed by atoms with Crippen molar-refractivity contribution in [2.45, 2.75) is 6.92 Å². The van der Waals surface area contributed by atoms with Crippen molar-refractivity contribution in [2.24, 2.45) is 0 Å². The molecule has 0 saturated carbocycles. The number of non-ortho nitro benzene ring substituents is 1. The molecule has 0 unspecified atom stereocenters. The predicted molar refractivity (Wildman–Crippen MR) is 80.9 cm³/mol. The normalized spacial score (nSPS) is 10.8. The molecule has 0 aliphatic heterocycles. The SMILES string of the molecule is Cc1ccc2sc(-c3cc([N+](=O)[O-])ccc3N)nc2c1. The van der Waals surface area contributed by atoms with Gasteiger partial charge in [0.25, 0.3) is 5.69 Å². The lowest BCUT2D eigenvalue weighted by Gasteiger charge is -2.01. The van der Waals surface area contributed by atoms with Crippen LogP contribution in [0.1, 0.15) is 5.56 Å². The number of nitrogen functional groups attached to an aromatic ring is 1. The highest BCUT2D eigenvalue weighted by Gasteiger charge is 2.14. The summed E-state index contributed by atoms with van der Waals surface area (Å²) in [6.07, 6.45) is 0. The molecule has 0 aliphatic rings. The number of nitrogens with zero attached hydrogens (tertiary/aromatic N) is 2. The molecule has 3 rings (SSSR count). The second-order valence-electron chi connectivity index (χ2n) is 4.52. The topological polar surface area (TPSA) is 82.0 Å². The van der Waals surface area contributed by atoms with E-state index in [-0.39, 0.29) is 5.69 Å². The van der Waals surface area contributed by atoms with E-state index in [0.717, 1.165) is 15.8 Å². The minimum Gasteiger partial charge on any atom is -0.398 e. The summed E-state index contributed by atoms with van der Waals surface area (Å²) < 4.78 is 1.04. The highest BCUT2D eigenvalue weighted by molar-refractivity contribution is 7.21. The molecular formula is C14H11N3O2S. The smallest absolute Gasteiger partial charge is 0.270 e. The van der Waals surface area contributed by atoms with Crippen LogP contribution in [0.3, 0.4) is 0 Å². The van der Waals surface area contributed by atoms with Crippen LogP contribution in [-0.2, 0) is 0 Å². The van der Waals surface area contributed by atoms with Crippen molar-refractivity contribution in [3.05, 3.63) is 52.1 Å². The third kappa shape index (κ3) is 2.10. The molecule has 3 aromatic rings. The molecule has 20 heavy (non-hydrogen) atoms. The average Bonchev–Trinajstić information content (AvgIpc) is 2.81. The van der Waals surface area contributed by atoms with Crippen molar-refractivity contribution < 1.29 is 4.92 Å². The maximum atomic E-state index is 10.9. The third-order valence-electron chi connectivity index (χ3n) is 3.02. The van der Waals surface area contributed by atoms with E-state index >= 15 is 0 Å². The number of aromatic nitrogens is 1. The maximum absolute atomic E-state index is 10.9. The molecule has 0 bridgehead atoms. The quantitative estimate of drug-likeness (QED) is 0.441. The second-order valence-corrected chi connectivity index (χ2v) is 5.55. The summed E-state index contributed by atoms with van der Waals surface area (Å²) in [5.41, 5.74) is 9.05. The number of aryl methyl sites for hydroxylation is 1. The van der Waals surface area contributed by atoms with Crippen LogP contribution < -0.4 is 5.73 Å². The van der Waals surface area contributed by atoms with Crippen LogP contribution in [-0.4, -0.2) is 9.91 Å². The fourth-order valence-corrected chi connectivity index (χ4v) is 2.98. The fraction of sp³-hybridized carbons (Fsp3) is 0.0714. The molecule has 5 nitrogen and oxygen atoms in total. The summed E-state index contributed by atoms with van der Waals surface area (Å²) in [4.78, 5) is 15.0. The Hall–Kier alpha value is -2.47. The lowest BCUT2D eigenvalue weighted by Crippen LogP contribution is -1.93. The first-order valence-electron chi connectivity index (χ1n) is 5.96. The number of fused-ring (bicyclic) bond motifs is 1. The summed E-state index contributed by atoms with van der Waals surface area (Å²) in [5.74, 6) is 0. The van der Waals surface area contributed by atoms with Crippen molar-refractivity contribution in [2.75, 3.05) is 5.73 Å². The largest absolute Gasteiger partial charge is 0.398 e. The van der Waals surface area contributed by atoms with Gasteiger partial charge in [-0.2, -0.15) is 0 Å². The standard InChI is InChI=1S/C14H11N3O2S/c1-8-2-5-13-12(6-8)16-14(20-13)10-7-9(17(18)19)3-4-11(10)15/h2-7H,15H2,1H3. The molecule has 0 spiro atoms. The molecule has 2 N–H and O–H groups in total. The van der Waals surface area contributed by atoms with Crippen LogP contribution in [0.15, 0.2) is 36.4 Å². The van der Waals surface area contributed by atoms with Gasteiger partial charge in [0, 0.05) is 23.4 Å². The summed E-state index contributed by atoms with van der Waals surface area (Å²) in [6.45, 7) is 2.00. The van der Waals surface area contributed by atoms with Crippen molar-refractivity contribution >= 4 is 32.9 Å². The highest BCUT2D eigenvalue weighted by Crippen LogP contribution is 2.35. The number of thiazole rings is 1. The Labute approximate surface area is 118 Å². The number of nitrogens with two attached hydrogens (primary N) is 1. The third-order valence-corrected chi connectivity index (χ3v) is 4.09. The summed E-state index contributed by atoms with van der Waals surface area (Å²) >= 11 is 1.48. The van der Waals surface area contributed by atoms with Crippen LogP contribution >= 0.6 is 11.3 Å². The maximum Gasteiger partial charge on any atom is 0.270 e. The molecule has 100 valence electrons. The number of hydrogen-bond acceptors (Lipinski definition) is 5. The van der Waals surface area contributed by atoms with Gasteiger partial charge in [-0.1, -0.05) is 6.07 Å². The number of anilines is 1. The van der Waals surface area contributed by atoms with Gasteiger partial charge >= 0.3 is 0 Å². The van der Waals surface area contributed by atoms with Crippen LogP contribution in [0.5, 0.6) is 0 Å². The Kier molecular flexibility index (Phi) is 2.87. The van der Waals surface area contributed by atoms with E-state index in [1.165, 1.54) is 23.5 Å². The Bertz CT molecular complexity index is 826. The van der Waals surface area contributed by atoms with Crippen LogP contribution in [0.4, 0.5) is 11.4 Å². The minimum absolute atomic E-state index is 0.0182. The number of hydrogen-bond donors (Lipinski definition) is 1. The Morgan fingerprint density at radius 1 is 1.25 bits per heavy atom. The van der Waals surface area contributed by atoms with Gasteiger partial charge in [0.1, 0.15) is 5.01 Å². The van der Waals surface area contributed by atoms with Gasteiger partial charge < -0.3 is 5.73 Å². The summed E-state index contributed by atoms with van der Waals surface area (Å²) in [7, 11) is 0. The van der Waals surface area contributed by atoms with Gasteiger partial charge in [0.05, 0.1) is 15.1 Å². The first-order valence-corrected chi connectivity index (χ1v) is 6.78. The van der Waals surface area contributed by atoms with Crippen molar-refractivity contribution in [1.29, 1.82) is 0 Å². The van der Waals surface area contributed by atoms with E-state index < -0.39 is 4.92 Å². The molecule has 0 amide bonds. The number of nitro groups is 1. The average molecular weight is 285 g/mol. The zero-order chi connectivity index (χ0) is 14.3. The summed E-state index contributed by atoms with van der Waals surface area (Å²) in [5, 5.41) is 11.6. The number of benzene rings is 2. The molecule has 1 aromatic heterocycles. The minimum atomic E-state index is -0.430. The van der Waals surface area contributed by atoms with Crippen molar-refractivity contribution in [3.63, 3.8) is 0 Å². The van der Waals surface area contributed by atoms with Crippen LogP contribution in [0.25, 0.3) is 20.8 Å². The molecule has 0 atom stereocenters. The van der Waals surface area contributed by atoms with Gasteiger partial charge in [0.2, 0.25) is 0 Å². The monoisotopic (exact) mass is 285 g/mol. The molecule has 0 fully saturated rings. The first kappa shape index (κ1) is 12.6. The Morgan fingerprint density at radius 3 is 2.80 bits per heavy atom. The second kappa shape index (κ2) is 4.57. The molecule has 0 aliphatic carbocycles. The molecule has 0 radical (unpaired) electrons. The van der Waals surface area contributed by atoms with Crippen molar-refractivity contribution in [3.8, 4) is 10.6 Å². The van der Waals surface area contributed by atoms with E-state index in [0.29, 0.717) is 16.3 Å². The number of rotatable bonds is 2. The van der Waals surface area contributed by atoms with Crippen LogP contribution in [0, 0.1) is 17.0 Å². The molecule has 1 heterocycles. The Morgan fingerprint density at radius 2 is 2.05 bits per heavy atom. The summed E-state index contributed by atoms with van der Waals surface area (Å²) in [6, 6.07) is 10.4. The van der Waals surface area contributed by atoms with E-state index in [4.69, 9.17) is 5.73 Å². The Balaban J connectivity index is 2.19. The number of nitro benzene ring substituents is 1. The van der Waals surface area contributed by atoms with Gasteiger partial charge in [-0.15, -0.1) is 11.3 Å². The van der Waals surface area contributed by atoms with E-state index in [1.54, 1.807) is 6.07 Å². The lowest BCUT2D eigenvalue weighted by molar-refractivity contribution is -0.384. The van der Waals surface area contributed by atoms with Gasteiger partial charge in [-0.25, -0.2) is 4.98 Å². The van der Waals surface area contributed by atoms with Gasteiger partial charge in [-0.3, -0.25) is 10.1 Å². The molecular weight excluding hydrogens is 274 g/mol. The zero-order valence-electron chi connectivity index (χ0n) is 10.7. The first-order chi connectivity index (χ1) is 9.54.